The van der Waals surface area contributed by atoms with Crippen LogP contribution in [0.25, 0.3) is 0 Å². The van der Waals surface area contributed by atoms with Gasteiger partial charge in [0.2, 0.25) is 5.91 Å². The Bertz CT molecular complexity index is 719. The van der Waals surface area contributed by atoms with E-state index in [9.17, 15) is 4.79 Å². The summed E-state index contributed by atoms with van der Waals surface area (Å²) in [5.41, 5.74) is 2.22. The first kappa shape index (κ1) is 25.7. The maximum atomic E-state index is 11.8. The van der Waals surface area contributed by atoms with Crippen LogP contribution in [-0.4, -0.2) is 50.3 Å². The van der Waals surface area contributed by atoms with Crippen LogP contribution in [0.4, 0.5) is 0 Å². The Kier molecular flexibility index (Phi) is 11.4. The molecule has 0 aromatic heterocycles. The normalized spacial score (nSPS) is 18.3. The quantitative estimate of drug-likeness (QED) is 0.172. The van der Waals surface area contributed by atoms with Gasteiger partial charge in [0.25, 0.3) is 0 Å². The smallest absolute Gasteiger partial charge is 0.220 e. The van der Waals surface area contributed by atoms with Crippen molar-refractivity contribution in [2.24, 2.45) is 4.99 Å². The third kappa shape index (κ3) is 9.64. The molecule has 1 saturated carbocycles. The maximum Gasteiger partial charge on any atom is 0.220 e. The lowest BCUT2D eigenvalue weighted by Crippen LogP contribution is -2.38. The SMILES string of the molecule is CCNC(=NCc1ccc(C)cc1OCC1CCCO1)NCCCC(=O)NC1CC1.I. The molecule has 1 aliphatic heterocycles. The van der Waals surface area contributed by atoms with E-state index in [4.69, 9.17) is 14.5 Å². The summed E-state index contributed by atoms with van der Waals surface area (Å²) < 4.78 is 11.7. The minimum Gasteiger partial charge on any atom is -0.491 e. The predicted octanol–water partition coefficient (Wildman–Crippen LogP) is 3.28. The molecule has 1 saturated heterocycles. The van der Waals surface area contributed by atoms with Crippen LogP contribution in [0.2, 0.25) is 0 Å². The van der Waals surface area contributed by atoms with Gasteiger partial charge in [0.15, 0.2) is 5.96 Å². The van der Waals surface area contributed by atoms with Crippen LogP contribution in [0.3, 0.4) is 0 Å². The average molecular weight is 544 g/mol. The average Bonchev–Trinajstić information content (AvgIpc) is 3.38. The highest BCUT2D eigenvalue weighted by molar-refractivity contribution is 14.0. The van der Waals surface area contributed by atoms with Crippen LogP contribution in [0.1, 0.15) is 56.6 Å². The highest BCUT2D eigenvalue weighted by Gasteiger charge is 2.22. The molecular formula is C23H37IN4O3. The van der Waals surface area contributed by atoms with Crippen LogP contribution >= 0.6 is 24.0 Å². The number of carbonyl (C=O) groups excluding carboxylic acids is 1. The van der Waals surface area contributed by atoms with Crippen molar-refractivity contribution < 1.29 is 14.3 Å². The molecule has 0 radical (unpaired) electrons. The Morgan fingerprint density at radius 3 is 2.81 bits per heavy atom. The zero-order valence-electron chi connectivity index (χ0n) is 18.7. The lowest BCUT2D eigenvalue weighted by atomic mass is 10.1. The van der Waals surface area contributed by atoms with Crippen molar-refractivity contribution in [2.75, 3.05) is 26.3 Å². The lowest BCUT2D eigenvalue weighted by molar-refractivity contribution is -0.121. The molecule has 174 valence electrons. The lowest BCUT2D eigenvalue weighted by Gasteiger charge is -2.15. The molecule has 7 nitrogen and oxygen atoms in total. The second-order valence-electron chi connectivity index (χ2n) is 8.12. The number of amides is 1. The van der Waals surface area contributed by atoms with Gasteiger partial charge in [-0.05, 0) is 57.6 Å². The van der Waals surface area contributed by atoms with Gasteiger partial charge in [0.1, 0.15) is 12.4 Å². The second-order valence-corrected chi connectivity index (χ2v) is 8.12. The Morgan fingerprint density at radius 1 is 1.26 bits per heavy atom. The summed E-state index contributed by atoms with van der Waals surface area (Å²) in [7, 11) is 0. The second kappa shape index (κ2) is 13.8. The maximum absolute atomic E-state index is 11.8. The van der Waals surface area contributed by atoms with Gasteiger partial charge in [-0.1, -0.05) is 12.1 Å². The number of halogens is 1. The summed E-state index contributed by atoms with van der Waals surface area (Å²) in [4.78, 5) is 16.5. The molecular weight excluding hydrogens is 507 g/mol. The number of benzene rings is 1. The molecule has 1 heterocycles. The van der Waals surface area contributed by atoms with E-state index in [0.29, 0.717) is 32.2 Å². The molecule has 1 aliphatic carbocycles. The van der Waals surface area contributed by atoms with Crippen LogP contribution in [-0.2, 0) is 16.1 Å². The molecule has 2 aliphatic rings. The molecule has 31 heavy (non-hydrogen) atoms. The van der Waals surface area contributed by atoms with E-state index >= 15 is 0 Å². The van der Waals surface area contributed by atoms with Gasteiger partial charge in [-0.3, -0.25) is 4.79 Å². The van der Waals surface area contributed by atoms with Gasteiger partial charge >= 0.3 is 0 Å². The fourth-order valence-corrected chi connectivity index (χ4v) is 3.37. The molecule has 0 spiro atoms. The van der Waals surface area contributed by atoms with Crippen molar-refractivity contribution in [1.29, 1.82) is 0 Å². The number of hydrogen-bond acceptors (Lipinski definition) is 4. The minimum absolute atomic E-state index is 0. The summed E-state index contributed by atoms with van der Waals surface area (Å²) in [5, 5.41) is 9.61. The number of guanidine groups is 1. The monoisotopic (exact) mass is 544 g/mol. The highest BCUT2D eigenvalue weighted by atomic mass is 127. The number of aliphatic imine (C=N–C) groups is 1. The highest BCUT2D eigenvalue weighted by Crippen LogP contribution is 2.23. The van der Waals surface area contributed by atoms with E-state index in [1.54, 1.807) is 0 Å². The molecule has 3 rings (SSSR count). The number of rotatable bonds is 11. The first-order valence-corrected chi connectivity index (χ1v) is 11.3. The topological polar surface area (TPSA) is 84.0 Å². The van der Waals surface area contributed by atoms with E-state index in [1.165, 1.54) is 5.56 Å². The molecule has 1 aromatic carbocycles. The van der Waals surface area contributed by atoms with E-state index in [1.807, 2.05) is 6.92 Å². The first-order valence-electron chi connectivity index (χ1n) is 11.3. The van der Waals surface area contributed by atoms with Crippen molar-refractivity contribution in [3.05, 3.63) is 29.3 Å². The van der Waals surface area contributed by atoms with Crippen LogP contribution in [0.15, 0.2) is 23.2 Å². The number of carbonyl (C=O) groups is 1. The largest absolute Gasteiger partial charge is 0.491 e. The Balaban J connectivity index is 0.00000341. The van der Waals surface area contributed by atoms with E-state index in [0.717, 1.165) is 62.5 Å². The van der Waals surface area contributed by atoms with Crippen LogP contribution in [0, 0.1) is 6.92 Å². The molecule has 1 amide bonds. The van der Waals surface area contributed by atoms with Gasteiger partial charge in [0, 0.05) is 37.7 Å². The van der Waals surface area contributed by atoms with E-state index in [-0.39, 0.29) is 36.0 Å². The number of nitrogens with zero attached hydrogens (tertiary/aromatic N) is 1. The fraction of sp³-hybridized carbons (Fsp3) is 0.652. The summed E-state index contributed by atoms with van der Waals surface area (Å²) >= 11 is 0. The summed E-state index contributed by atoms with van der Waals surface area (Å²) in [6.07, 6.45) is 5.94. The predicted molar refractivity (Wildman–Crippen MR) is 134 cm³/mol. The molecule has 1 aromatic rings. The molecule has 3 N–H and O–H groups in total. The fourth-order valence-electron chi connectivity index (χ4n) is 3.37. The third-order valence-corrected chi connectivity index (χ3v) is 5.24. The van der Waals surface area contributed by atoms with Crippen molar-refractivity contribution in [2.45, 2.75) is 71.1 Å². The number of hydrogen-bond donors (Lipinski definition) is 3. The molecule has 0 bridgehead atoms. The van der Waals surface area contributed by atoms with E-state index in [2.05, 4.69) is 41.1 Å². The minimum atomic E-state index is 0. The number of nitrogens with one attached hydrogen (secondary N) is 3. The molecule has 1 atom stereocenters. The molecule has 8 heteroatoms. The number of ether oxygens (including phenoxy) is 2. The van der Waals surface area contributed by atoms with Gasteiger partial charge in [-0.25, -0.2) is 4.99 Å². The van der Waals surface area contributed by atoms with Gasteiger partial charge in [0.05, 0.1) is 12.6 Å². The summed E-state index contributed by atoms with van der Waals surface area (Å²) in [6.45, 7) is 7.54. The summed E-state index contributed by atoms with van der Waals surface area (Å²) in [6, 6.07) is 6.66. The molecule has 1 unspecified atom stereocenters. The van der Waals surface area contributed by atoms with E-state index < -0.39 is 0 Å². The molecule has 2 fully saturated rings. The standard InChI is InChI=1S/C23H36N4O3.HI/c1-3-24-23(25-12-4-7-22(28)27-19-10-11-19)26-15-18-9-8-17(2)14-21(18)30-16-20-6-5-13-29-20;/h8-9,14,19-20H,3-7,10-13,15-16H2,1-2H3,(H,27,28)(H2,24,25,26);1H. The van der Waals surface area contributed by atoms with Crippen molar-refractivity contribution in [1.82, 2.24) is 16.0 Å². The van der Waals surface area contributed by atoms with Gasteiger partial charge in [-0.2, -0.15) is 0 Å². The Hall–Kier alpha value is -1.55. The zero-order chi connectivity index (χ0) is 21.2. The third-order valence-electron chi connectivity index (χ3n) is 5.24. The Morgan fingerprint density at radius 2 is 2.10 bits per heavy atom. The Labute approximate surface area is 203 Å². The van der Waals surface area contributed by atoms with Crippen LogP contribution < -0.4 is 20.7 Å². The number of aryl methyl sites for hydroxylation is 1. The van der Waals surface area contributed by atoms with Gasteiger partial charge < -0.3 is 25.4 Å². The summed E-state index contributed by atoms with van der Waals surface area (Å²) in [5.74, 6) is 1.78. The van der Waals surface area contributed by atoms with Crippen molar-refractivity contribution in [3.8, 4) is 5.75 Å². The van der Waals surface area contributed by atoms with Crippen molar-refractivity contribution in [3.63, 3.8) is 0 Å². The van der Waals surface area contributed by atoms with Crippen LogP contribution in [0.5, 0.6) is 5.75 Å². The van der Waals surface area contributed by atoms with Gasteiger partial charge in [-0.15, -0.1) is 24.0 Å². The first-order chi connectivity index (χ1) is 14.6. The van der Waals surface area contributed by atoms with Crippen molar-refractivity contribution >= 4 is 35.8 Å². The zero-order valence-corrected chi connectivity index (χ0v) is 21.1.